The molecular weight excluding hydrogens is 316 g/mol. The van der Waals surface area contributed by atoms with Gasteiger partial charge in [-0.05, 0) is 51.0 Å². The van der Waals surface area contributed by atoms with Crippen LogP contribution in [0.1, 0.15) is 76.0 Å². The molecule has 1 amide bonds. The highest BCUT2D eigenvalue weighted by Gasteiger charge is 2.38. The summed E-state index contributed by atoms with van der Waals surface area (Å²) in [6.07, 6.45) is 10.5. The van der Waals surface area contributed by atoms with Crippen LogP contribution in [0.15, 0.2) is 4.52 Å². The van der Waals surface area contributed by atoms with Crippen molar-refractivity contribution in [3.63, 3.8) is 0 Å². The molecule has 1 aliphatic carbocycles. The Hall–Kier alpha value is -1.43. The fraction of sp³-hybridized carbons (Fsp3) is 0.842. The molecule has 2 saturated heterocycles. The number of hydrogen-bond acceptors (Lipinski definition) is 5. The van der Waals surface area contributed by atoms with Gasteiger partial charge >= 0.3 is 0 Å². The van der Waals surface area contributed by atoms with E-state index in [-0.39, 0.29) is 6.04 Å². The van der Waals surface area contributed by atoms with Crippen molar-refractivity contribution in [1.29, 1.82) is 0 Å². The monoisotopic (exact) mass is 346 g/mol. The Bertz CT molecular complexity index is 600. The molecule has 0 aromatic carbocycles. The first-order valence-corrected chi connectivity index (χ1v) is 10.1. The Balaban J connectivity index is 1.42. The van der Waals surface area contributed by atoms with Crippen molar-refractivity contribution < 1.29 is 9.32 Å². The van der Waals surface area contributed by atoms with Crippen molar-refractivity contribution in [3.8, 4) is 0 Å². The molecule has 0 spiro atoms. The highest BCUT2D eigenvalue weighted by atomic mass is 16.5. The summed E-state index contributed by atoms with van der Waals surface area (Å²) in [6, 6.07) is 0.632. The maximum absolute atomic E-state index is 13.1. The van der Waals surface area contributed by atoms with Crippen LogP contribution in [0.2, 0.25) is 0 Å². The minimum absolute atomic E-state index is 0.139. The van der Waals surface area contributed by atoms with Crippen LogP contribution in [0, 0.1) is 5.92 Å². The van der Waals surface area contributed by atoms with Crippen LogP contribution in [-0.4, -0.2) is 51.5 Å². The number of carbonyl (C=O) groups excluding carboxylic acids is 1. The smallest absolute Gasteiger partial charge is 0.237 e. The highest BCUT2D eigenvalue weighted by molar-refractivity contribution is 5.79. The molecule has 3 fully saturated rings. The summed E-state index contributed by atoms with van der Waals surface area (Å²) in [5.41, 5.74) is 0. The lowest BCUT2D eigenvalue weighted by atomic mass is 9.78. The van der Waals surface area contributed by atoms with E-state index in [0.717, 1.165) is 44.1 Å². The number of amides is 1. The standard InChI is InChI=1S/C19H30N4O2/c1-2-17-20-19(21-25-17)16-10-6-11-22(16)13-18(24)23-12-5-8-14-7-3-4-9-15(14)23/h14-16H,2-13H2,1H3/t14-,15+,16-/m0/s1. The Morgan fingerprint density at radius 2 is 1.92 bits per heavy atom. The number of hydrogen-bond donors (Lipinski definition) is 0. The topological polar surface area (TPSA) is 62.5 Å². The van der Waals surface area contributed by atoms with E-state index in [2.05, 4.69) is 19.9 Å². The van der Waals surface area contributed by atoms with Gasteiger partial charge in [-0.3, -0.25) is 9.69 Å². The average molecular weight is 346 g/mol. The lowest BCUT2D eigenvalue weighted by molar-refractivity contribution is -0.139. The third kappa shape index (κ3) is 3.46. The van der Waals surface area contributed by atoms with Gasteiger partial charge in [0.05, 0.1) is 12.6 Å². The van der Waals surface area contributed by atoms with Gasteiger partial charge in [-0.1, -0.05) is 24.9 Å². The lowest BCUT2D eigenvalue weighted by Crippen LogP contribution is -2.52. The van der Waals surface area contributed by atoms with Crippen LogP contribution in [0.5, 0.6) is 0 Å². The summed E-state index contributed by atoms with van der Waals surface area (Å²) in [6.45, 7) is 4.42. The Kier molecular flexibility index (Phi) is 5.06. The minimum Gasteiger partial charge on any atom is -0.339 e. The summed E-state index contributed by atoms with van der Waals surface area (Å²) < 4.78 is 5.28. The molecule has 2 aliphatic heterocycles. The van der Waals surface area contributed by atoms with Crippen LogP contribution in [0.25, 0.3) is 0 Å². The van der Waals surface area contributed by atoms with Crippen LogP contribution < -0.4 is 0 Å². The van der Waals surface area contributed by atoms with Gasteiger partial charge in [0, 0.05) is 19.0 Å². The maximum Gasteiger partial charge on any atom is 0.237 e. The number of carbonyl (C=O) groups is 1. The lowest BCUT2D eigenvalue weighted by Gasteiger charge is -2.44. The fourth-order valence-corrected chi connectivity index (χ4v) is 5.05. The van der Waals surface area contributed by atoms with E-state index >= 15 is 0 Å². The number of aromatic nitrogens is 2. The molecule has 0 N–H and O–H groups in total. The van der Waals surface area contributed by atoms with Gasteiger partial charge in [-0.15, -0.1) is 0 Å². The molecule has 25 heavy (non-hydrogen) atoms. The molecule has 4 rings (SSSR count). The highest BCUT2D eigenvalue weighted by Crippen LogP contribution is 2.36. The summed E-state index contributed by atoms with van der Waals surface area (Å²) in [5.74, 6) is 2.50. The molecule has 6 heteroatoms. The average Bonchev–Trinajstić information content (AvgIpc) is 3.30. The van der Waals surface area contributed by atoms with E-state index in [9.17, 15) is 4.79 Å². The summed E-state index contributed by atoms with van der Waals surface area (Å²) in [4.78, 5) is 22.0. The van der Waals surface area contributed by atoms with Crippen LogP contribution in [0.4, 0.5) is 0 Å². The second-order valence-corrected chi connectivity index (χ2v) is 7.87. The molecule has 0 radical (unpaired) electrons. The van der Waals surface area contributed by atoms with Gasteiger partial charge in [0.1, 0.15) is 0 Å². The molecule has 0 unspecified atom stereocenters. The van der Waals surface area contributed by atoms with Crippen LogP contribution in [0.3, 0.4) is 0 Å². The van der Waals surface area contributed by atoms with Gasteiger partial charge < -0.3 is 9.42 Å². The van der Waals surface area contributed by atoms with Gasteiger partial charge in [-0.2, -0.15) is 4.98 Å². The first-order valence-electron chi connectivity index (χ1n) is 10.1. The number of rotatable bonds is 4. The van der Waals surface area contributed by atoms with Gasteiger partial charge in [0.2, 0.25) is 11.8 Å². The van der Waals surface area contributed by atoms with E-state index in [4.69, 9.17) is 4.52 Å². The van der Waals surface area contributed by atoms with E-state index < -0.39 is 0 Å². The van der Waals surface area contributed by atoms with Crippen molar-refractivity contribution in [2.75, 3.05) is 19.6 Å². The van der Waals surface area contributed by atoms with E-state index in [1.54, 1.807) is 0 Å². The number of likely N-dealkylation sites (tertiary alicyclic amines) is 2. The van der Waals surface area contributed by atoms with Crippen molar-refractivity contribution in [1.82, 2.24) is 19.9 Å². The molecular formula is C19H30N4O2. The number of nitrogens with zero attached hydrogens (tertiary/aromatic N) is 4. The summed E-state index contributed by atoms with van der Waals surface area (Å²) in [7, 11) is 0. The van der Waals surface area contributed by atoms with Crippen molar-refractivity contribution >= 4 is 5.91 Å². The molecule has 3 atom stereocenters. The molecule has 0 bridgehead atoms. The van der Waals surface area contributed by atoms with Crippen molar-refractivity contribution in [3.05, 3.63) is 11.7 Å². The van der Waals surface area contributed by atoms with Crippen LogP contribution in [-0.2, 0) is 11.2 Å². The van der Waals surface area contributed by atoms with E-state index in [1.165, 1.54) is 38.5 Å². The number of fused-ring (bicyclic) bond motifs is 1. The zero-order valence-corrected chi connectivity index (χ0v) is 15.3. The minimum atomic E-state index is 0.139. The molecule has 3 heterocycles. The van der Waals surface area contributed by atoms with Gasteiger partial charge in [-0.25, -0.2) is 0 Å². The first kappa shape index (κ1) is 17.0. The normalized spacial score (nSPS) is 30.4. The Morgan fingerprint density at radius 1 is 1.12 bits per heavy atom. The Morgan fingerprint density at radius 3 is 2.76 bits per heavy atom. The molecule has 138 valence electrons. The maximum atomic E-state index is 13.1. The molecule has 6 nitrogen and oxygen atoms in total. The largest absolute Gasteiger partial charge is 0.339 e. The second-order valence-electron chi connectivity index (χ2n) is 7.87. The van der Waals surface area contributed by atoms with Gasteiger partial charge in [0.15, 0.2) is 5.82 Å². The molecule has 1 aromatic rings. The fourth-order valence-electron chi connectivity index (χ4n) is 5.05. The third-order valence-corrected chi connectivity index (χ3v) is 6.35. The van der Waals surface area contributed by atoms with E-state index in [0.29, 0.717) is 24.4 Å². The van der Waals surface area contributed by atoms with E-state index in [1.807, 2.05) is 6.92 Å². The SMILES string of the molecule is CCc1nc([C@@H]2CCCN2CC(=O)N2CCC[C@@H]3CCCC[C@H]32)no1. The quantitative estimate of drug-likeness (QED) is 0.839. The summed E-state index contributed by atoms with van der Waals surface area (Å²) in [5, 5.41) is 4.15. The van der Waals surface area contributed by atoms with Crippen molar-refractivity contribution in [2.45, 2.75) is 76.8 Å². The first-order chi connectivity index (χ1) is 12.3. The van der Waals surface area contributed by atoms with Gasteiger partial charge in [0.25, 0.3) is 0 Å². The van der Waals surface area contributed by atoms with Crippen LogP contribution >= 0.6 is 0 Å². The number of aryl methyl sites for hydroxylation is 1. The predicted molar refractivity (Wildman–Crippen MR) is 93.9 cm³/mol. The molecule has 3 aliphatic rings. The zero-order chi connectivity index (χ0) is 17.2. The zero-order valence-electron chi connectivity index (χ0n) is 15.3. The molecule has 1 aromatic heterocycles. The van der Waals surface area contributed by atoms with Crippen molar-refractivity contribution in [2.24, 2.45) is 5.92 Å². The summed E-state index contributed by atoms with van der Waals surface area (Å²) >= 11 is 0. The predicted octanol–water partition coefficient (Wildman–Crippen LogP) is 2.95. The third-order valence-electron chi connectivity index (χ3n) is 6.35. The number of piperidine rings is 1. The molecule has 1 saturated carbocycles. The second kappa shape index (κ2) is 7.44. The Labute approximate surface area is 149 Å².